The van der Waals surface area contributed by atoms with Crippen LogP contribution in [0.25, 0.3) is 0 Å². The molecule has 72 valence electrons. The molecule has 3 N–H and O–H groups in total. The first-order valence-corrected chi connectivity index (χ1v) is 3.66. The smallest absolute Gasteiger partial charge is 0.0892 e. The minimum absolute atomic E-state index is 0.0181. The zero-order valence-electron chi connectivity index (χ0n) is 7.06. The SMILES string of the molecule is CNCCN(CCN)/[N+]([O-])=N/[O-]. The molecule has 0 aliphatic heterocycles. The maximum atomic E-state index is 10.7. The van der Waals surface area contributed by atoms with E-state index in [0.717, 1.165) is 0 Å². The Morgan fingerprint density at radius 2 is 2.25 bits per heavy atom. The zero-order valence-corrected chi connectivity index (χ0v) is 7.06. The molecule has 0 heterocycles. The topological polar surface area (TPSA) is 103 Å². The van der Waals surface area contributed by atoms with Gasteiger partial charge in [0, 0.05) is 18.1 Å². The summed E-state index contributed by atoms with van der Waals surface area (Å²) >= 11 is 0. The molecule has 0 aliphatic carbocycles. The molecule has 0 fully saturated rings. The summed E-state index contributed by atoms with van der Waals surface area (Å²) in [6, 6.07) is 0. The fourth-order valence-electron chi connectivity index (χ4n) is 0.724. The molecule has 12 heavy (non-hydrogen) atoms. The first kappa shape index (κ1) is 10.9. The number of likely N-dealkylation sites (N-methyl/N-ethyl adjacent to an activating group) is 1. The van der Waals surface area contributed by atoms with E-state index in [9.17, 15) is 10.4 Å². The summed E-state index contributed by atoms with van der Waals surface area (Å²) in [5.74, 6) is 0. The molecule has 0 saturated carbocycles. The van der Waals surface area contributed by atoms with Gasteiger partial charge in [0.1, 0.15) is 0 Å². The van der Waals surface area contributed by atoms with E-state index in [-0.39, 0.29) is 4.97 Å². The number of hydrogen-bond donors (Lipinski definition) is 2. The van der Waals surface area contributed by atoms with Gasteiger partial charge in [-0.1, -0.05) is 0 Å². The summed E-state index contributed by atoms with van der Waals surface area (Å²) in [5, 5.41) is 26.8. The Morgan fingerprint density at radius 1 is 1.58 bits per heavy atom. The van der Waals surface area contributed by atoms with Gasteiger partial charge in [-0.05, 0) is 12.3 Å². The second kappa shape index (κ2) is 6.62. The van der Waals surface area contributed by atoms with Crippen LogP contribution in [0, 0.1) is 10.4 Å². The van der Waals surface area contributed by atoms with Crippen LogP contribution < -0.4 is 11.1 Å². The lowest BCUT2D eigenvalue weighted by molar-refractivity contribution is -0.689. The van der Waals surface area contributed by atoms with Crippen molar-refractivity contribution < 1.29 is 4.97 Å². The van der Waals surface area contributed by atoms with Crippen LogP contribution >= 0.6 is 0 Å². The number of nitrogens with zero attached hydrogens (tertiary/aromatic N) is 3. The normalized spacial score (nSPS) is 11.7. The third-order valence-electron chi connectivity index (χ3n) is 1.32. The van der Waals surface area contributed by atoms with Crippen LogP contribution in [-0.2, 0) is 0 Å². The predicted octanol–water partition coefficient (Wildman–Crippen LogP) is -1.16. The van der Waals surface area contributed by atoms with Crippen molar-refractivity contribution in [2.45, 2.75) is 0 Å². The van der Waals surface area contributed by atoms with Gasteiger partial charge < -0.3 is 21.5 Å². The van der Waals surface area contributed by atoms with Gasteiger partial charge in [0.2, 0.25) is 0 Å². The molecule has 0 aliphatic rings. The van der Waals surface area contributed by atoms with Gasteiger partial charge in [0.05, 0.1) is 13.1 Å². The van der Waals surface area contributed by atoms with Crippen molar-refractivity contribution in [3.63, 3.8) is 0 Å². The minimum Gasteiger partial charge on any atom is -0.737 e. The van der Waals surface area contributed by atoms with Gasteiger partial charge in [-0.25, -0.2) is 0 Å². The van der Waals surface area contributed by atoms with Crippen LogP contribution in [0.3, 0.4) is 0 Å². The minimum atomic E-state index is 0.0181. The average molecular weight is 176 g/mol. The van der Waals surface area contributed by atoms with Crippen LogP contribution in [0.15, 0.2) is 5.28 Å². The highest BCUT2D eigenvalue weighted by molar-refractivity contribution is 4.48. The Hall–Kier alpha value is -1.08. The van der Waals surface area contributed by atoms with Crippen LogP contribution in [0.1, 0.15) is 0 Å². The molecule has 0 aromatic rings. The molecule has 0 atom stereocenters. The largest absolute Gasteiger partial charge is 0.737 e. The fourth-order valence-corrected chi connectivity index (χ4v) is 0.724. The maximum Gasteiger partial charge on any atom is 0.0892 e. The number of rotatable bonds is 6. The highest BCUT2D eigenvalue weighted by atomic mass is 16.6. The quantitative estimate of drug-likeness (QED) is 0.302. The molecule has 0 unspecified atom stereocenters. The molecule has 7 heteroatoms. The van der Waals surface area contributed by atoms with Gasteiger partial charge in [0.25, 0.3) is 0 Å². The van der Waals surface area contributed by atoms with E-state index in [1.807, 2.05) is 0 Å². The number of nitrogens with one attached hydrogen (secondary N) is 1. The summed E-state index contributed by atoms with van der Waals surface area (Å²) in [5.41, 5.74) is 5.22. The van der Waals surface area contributed by atoms with Crippen molar-refractivity contribution in [2.75, 3.05) is 33.2 Å². The number of hydrogen-bond acceptors (Lipinski definition) is 5. The van der Waals surface area contributed by atoms with Gasteiger partial charge in [0.15, 0.2) is 0 Å². The Morgan fingerprint density at radius 3 is 2.67 bits per heavy atom. The lowest BCUT2D eigenvalue weighted by atomic mass is 10.5. The zero-order chi connectivity index (χ0) is 9.40. The molecule has 0 amide bonds. The second-order valence-electron chi connectivity index (χ2n) is 2.18. The van der Waals surface area contributed by atoms with E-state index in [2.05, 4.69) is 10.6 Å². The van der Waals surface area contributed by atoms with Crippen molar-refractivity contribution in [1.82, 2.24) is 10.3 Å². The van der Waals surface area contributed by atoms with Crippen molar-refractivity contribution in [3.8, 4) is 0 Å². The molecule has 7 nitrogen and oxygen atoms in total. The third kappa shape index (κ3) is 3.94. The third-order valence-corrected chi connectivity index (χ3v) is 1.32. The molecule has 0 aromatic heterocycles. The van der Waals surface area contributed by atoms with E-state index in [0.29, 0.717) is 26.2 Å². The molecule has 0 radical (unpaired) electrons. The van der Waals surface area contributed by atoms with E-state index >= 15 is 0 Å². The molecule has 0 spiro atoms. The Kier molecular flexibility index (Phi) is 6.02. The molecule has 0 bridgehead atoms. The number of nitrogens with two attached hydrogens (primary N) is 1. The van der Waals surface area contributed by atoms with E-state index in [4.69, 9.17) is 5.73 Å². The monoisotopic (exact) mass is 176 g/mol. The summed E-state index contributed by atoms with van der Waals surface area (Å²) in [4.78, 5) is 0.0181. The van der Waals surface area contributed by atoms with Crippen molar-refractivity contribution >= 4 is 0 Å². The highest BCUT2D eigenvalue weighted by Crippen LogP contribution is 1.87. The Balaban J connectivity index is 3.85. The molecular formula is C5H14N5O2-. The van der Waals surface area contributed by atoms with Crippen LogP contribution in [0.4, 0.5) is 0 Å². The lowest BCUT2D eigenvalue weighted by Crippen LogP contribution is -2.39. The first-order chi connectivity index (χ1) is 5.76. The van der Waals surface area contributed by atoms with E-state index in [1.165, 1.54) is 5.01 Å². The van der Waals surface area contributed by atoms with Gasteiger partial charge >= 0.3 is 0 Å². The predicted molar refractivity (Wildman–Crippen MR) is 44.0 cm³/mol. The molecular weight excluding hydrogens is 162 g/mol. The van der Waals surface area contributed by atoms with Crippen molar-refractivity contribution in [2.24, 2.45) is 11.0 Å². The summed E-state index contributed by atoms with van der Waals surface area (Å²) in [7, 11) is 1.75. The van der Waals surface area contributed by atoms with Crippen LogP contribution in [0.2, 0.25) is 0 Å². The average Bonchev–Trinajstić information content (AvgIpc) is 2.11. The second-order valence-corrected chi connectivity index (χ2v) is 2.18. The van der Waals surface area contributed by atoms with Gasteiger partial charge in [-0.3, -0.25) is 0 Å². The standard InChI is InChI=1S/C5H15N5O2/c1-7-3-5-9(4-2-6)10(12)8-11/h7,11H,2-6H2,1H3/p-1/b10-8-. The van der Waals surface area contributed by atoms with Crippen molar-refractivity contribution in [3.05, 3.63) is 10.4 Å². The Bertz CT molecular complexity index is 140. The lowest BCUT2D eigenvalue weighted by Gasteiger charge is -2.18. The Labute approximate surface area is 71.0 Å². The molecule has 0 rings (SSSR count). The number of hydrazine groups is 1. The summed E-state index contributed by atoms with van der Waals surface area (Å²) < 4.78 is 0. The maximum absolute atomic E-state index is 10.7. The van der Waals surface area contributed by atoms with E-state index in [1.54, 1.807) is 7.05 Å². The highest BCUT2D eigenvalue weighted by Gasteiger charge is 2.07. The van der Waals surface area contributed by atoms with Gasteiger partial charge in [-0.2, -0.15) is 0 Å². The van der Waals surface area contributed by atoms with Crippen LogP contribution in [-0.4, -0.2) is 43.2 Å². The molecule has 0 saturated heterocycles. The van der Waals surface area contributed by atoms with Gasteiger partial charge in [-0.15, -0.1) is 5.01 Å². The van der Waals surface area contributed by atoms with Crippen LogP contribution in [0.5, 0.6) is 0 Å². The van der Waals surface area contributed by atoms with E-state index < -0.39 is 0 Å². The summed E-state index contributed by atoms with van der Waals surface area (Å²) in [6.45, 7) is 1.67. The first-order valence-electron chi connectivity index (χ1n) is 3.66. The summed E-state index contributed by atoms with van der Waals surface area (Å²) in [6.07, 6.45) is 0. The fraction of sp³-hybridized carbons (Fsp3) is 1.00. The molecule has 0 aromatic carbocycles. The van der Waals surface area contributed by atoms with Crippen molar-refractivity contribution in [1.29, 1.82) is 0 Å².